The maximum Gasteiger partial charge on any atom is 0.132 e. The average Bonchev–Trinajstić information content (AvgIpc) is 2.42. The quantitative estimate of drug-likeness (QED) is 0.751. The van der Waals surface area contributed by atoms with Crippen molar-refractivity contribution in [3.63, 3.8) is 0 Å². The van der Waals surface area contributed by atoms with E-state index in [1.165, 1.54) is 0 Å². The van der Waals surface area contributed by atoms with Crippen LogP contribution in [0.4, 0.5) is 11.6 Å². The van der Waals surface area contributed by atoms with Gasteiger partial charge in [0.25, 0.3) is 0 Å². The van der Waals surface area contributed by atoms with Crippen molar-refractivity contribution in [1.29, 1.82) is 0 Å². The van der Waals surface area contributed by atoms with Crippen LogP contribution in [0.2, 0.25) is 0 Å². The molecule has 0 saturated heterocycles. The van der Waals surface area contributed by atoms with Crippen LogP contribution in [0.3, 0.4) is 0 Å². The normalized spacial score (nSPS) is 11.4. The van der Waals surface area contributed by atoms with E-state index in [2.05, 4.69) is 55.2 Å². The summed E-state index contributed by atoms with van der Waals surface area (Å²) in [5, 5.41) is 6.77. The number of rotatable bonds is 8. The van der Waals surface area contributed by atoms with Gasteiger partial charge >= 0.3 is 0 Å². The van der Waals surface area contributed by atoms with E-state index in [1.807, 2.05) is 6.07 Å². The van der Waals surface area contributed by atoms with Crippen molar-refractivity contribution in [3.05, 3.63) is 11.9 Å². The summed E-state index contributed by atoms with van der Waals surface area (Å²) in [6.45, 7) is 12.8. The molecule has 0 aromatic carbocycles. The van der Waals surface area contributed by atoms with Crippen LogP contribution >= 0.6 is 0 Å². The second kappa shape index (κ2) is 7.31. The fourth-order valence-electron chi connectivity index (χ4n) is 1.54. The lowest BCUT2D eigenvalue weighted by atomic mass is 9.90. The fraction of sp³-hybridized carbons (Fsp3) is 0.733. The number of nitrogens with one attached hydrogen (secondary N) is 2. The molecule has 1 aromatic heterocycles. The van der Waals surface area contributed by atoms with Gasteiger partial charge in [-0.1, -0.05) is 34.6 Å². The maximum atomic E-state index is 4.54. The molecule has 0 aliphatic heterocycles. The Balaban J connectivity index is 2.76. The molecule has 2 N–H and O–H groups in total. The molecule has 0 atom stereocenters. The highest BCUT2D eigenvalue weighted by Gasteiger charge is 2.15. The summed E-state index contributed by atoms with van der Waals surface area (Å²) in [5.74, 6) is 2.73. The topological polar surface area (TPSA) is 49.8 Å². The summed E-state index contributed by atoms with van der Waals surface area (Å²) in [7, 11) is 0. The minimum Gasteiger partial charge on any atom is -0.370 e. The summed E-state index contributed by atoms with van der Waals surface area (Å²) in [6.07, 6.45) is 3.09. The van der Waals surface area contributed by atoms with Crippen LogP contribution in [0.15, 0.2) is 6.07 Å². The van der Waals surface area contributed by atoms with Gasteiger partial charge in [-0.15, -0.1) is 0 Å². The predicted molar refractivity (Wildman–Crippen MR) is 82.8 cm³/mol. The first-order chi connectivity index (χ1) is 9.00. The number of hydrogen-bond donors (Lipinski definition) is 2. The molecule has 0 unspecified atom stereocenters. The van der Waals surface area contributed by atoms with Crippen molar-refractivity contribution in [2.75, 3.05) is 23.7 Å². The average molecular weight is 264 g/mol. The zero-order valence-electron chi connectivity index (χ0n) is 13.0. The van der Waals surface area contributed by atoms with Crippen molar-refractivity contribution < 1.29 is 0 Å². The predicted octanol–water partition coefficient (Wildman–Crippen LogP) is 3.71. The van der Waals surface area contributed by atoms with E-state index in [-0.39, 0.29) is 5.41 Å². The molecule has 0 saturated carbocycles. The Morgan fingerprint density at radius 3 is 2.21 bits per heavy atom. The minimum atomic E-state index is 0.286. The van der Waals surface area contributed by atoms with Gasteiger partial charge in [-0.05, 0) is 18.3 Å². The highest BCUT2D eigenvalue weighted by Crippen LogP contribution is 2.21. The van der Waals surface area contributed by atoms with Gasteiger partial charge in [0.05, 0.1) is 0 Å². The van der Waals surface area contributed by atoms with Gasteiger partial charge < -0.3 is 10.6 Å². The smallest absolute Gasteiger partial charge is 0.132 e. The molecular formula is C15H28N4. The molecule has 0 amide bonds. The lowest BCUT2D eigenvalue weighted by Gasteiger charge is -2.23. The first kappa shape index (κ1) is 15.7. The maximum absolute atomic E-state index is 4.54. The highest BCUT2D eigenvalue weighted by molar-refractivity contribution is 5.47. The Morgan fingerprint density at radius 1 is 1.05 bits per heavy atom. The molecule has 0 aliphatic rings. The Hall–Kier alpha value is -1.32. The van der Waals surface area contributed by atoms with E-state index >= 15 is 0 Å². The summed E-state index contributed by atoms with van der Waals surface area (Å²) >= 11 is 0. The molecule has 108 valence electrons. The summed E-state index contributed by atoms with van der Waals surface area (Å²) in [5.41, 5.74) is 0.286. The van der Waals surface area contributed by atoms with Gasteiger partial charge in [-0.3, -0.25) is 0 Å². The summed E-state index contributed by atoms with van der Waals surface area (Å²) in [6, 6.07) is 2.00. The Labute approximate surface area is 117 Å². The monoisotopic (exact) mass is 264 g/mol. The van der Waals surface area contributed by atoms with Crippen LogP contribution in [0.5, 0.6) is 0 Å². The molecule has 0 fully saturated rings. The fourth-order valence-corrected chi connectivity index (χ4v) is 1.54. The number of nitrogens with zero attached hydrogens (tertiary/aromatic N) is 2. The number of anilines is 2. The van der Waals surface area contributed by atoms with E-state index in [9.17, 15) is 0 Å². The SMILES string of the molecule is CCCNc1cc(NCC(C)(C)CC)nc(CC)n1. The lowest BCUT2D eigenvalue weighted by Crippen LogP contribution is -2.22. The van der Waals surface area contributed by atoms with Crippen molar-refractivity contribution in [1.82, 2.24) is 9.97 Å². The molecule has 4 nitrogen and oxygen atoms in total. The van der Waals surface area contributed by atoms with Crippen LogP contribution in [-0.2, 0) is 6.42 Å². The third-order valence-corrected chi connectivity index (χ3v) is 3.35. The highest BCUT2D eigenvalue weighted by atomic mass is 15.1. The molecule has 1 heterocycles. The summed E-state index contributed by atoms with van der Waals surface area (Å²) < 4.78 is 0. The van der Waals surface area contributed by atoms with E-state index in [1.54, 1.807) is 0 Å². The van der Waals surface area contributed by atoms with Gasteiger partial charge in [0, 0.05) is 25.6 Å². The molecule has 4 heteroatoms. The van der Waals surface area contributed by atoms with Crippen molar-refractivity contribution in [2.24, 2.45) is 5.41 Å². The molecule has 1 rings (SSSR count). The standard InChI is InChI=1S/C15H28N4/c1-6-9-16-13-10-14(19-12(7-2)18-13)17-11-15(4,5)8-3/h10H,6-9,11H2,1-5H3,(H2,16,17,18,19). The minimum absolute atomic E-state index is 0.286. The molecule has 1 aromatic rings. The zero-order chi connectivity index (χ0) is 14.3. The van der Waals surface area contributed by atoms with Crippen LogP contribution < -0.4 is 10.6 Å². The first-order valence-corrected chi connectivity index (χ1v) is 7.36. The third kappa shape index (κ3) is 5.45. The van der Waals surface area contributed by atoms with Crippen molar-refractivity contribution in [3.8, 4) is 0 Å². The number of aryl methyl sites for hydroxylation is 1. The van der Waals surface area contributed by atoms with Gasteiger partial charge in [-0.2, -0.15) is 0 Å². The molecule has 19 heavy (non-hydrogen) atoms. The van der Waals surface area contributed by atoms with Crippen molar-refractivity contribution >= 4 is 11.6 Å². The van der Waals surface area contributed by atoms with Gasteiger partial charge in [0.1, 0.15) is 17.5 Å². The Bertz CT molecular complexity index is 388. The zero-order valence-corrected chi connectivity index (χ0v) is 13.0. The van der Waals surface area contributed by atoms with Gasteiger partial charge in [-0.25, -0.2) is 9.97 Å². The first-order valence-electron chi connectivity index (χ1n) is 7.36. The largest absolute Gasteiger partial charge is 0.370 e. The van der Waals surface area contributed by atoms with E-state index < -0.39 is 0 Å². The van der Waals surface area contributed by atoms with E-state index in [4.69, 9.17) is 0 Å². The molecule has 0 spiro atoms. The molecule has 0 aliphatic carbocycles. The summed E-state index contributed by atoms with van der Waals surface area (Å²) in [4.78, 5) is 9.03. The third-order valence-electron chi connectivity index (χ3n) is 3.35. The van der Waals surface area contributed by atoms with E-state index in [0.29, 0.717) is 0 Å². The van der Waals surface area contributed by atoms with Gasteiger partial charge in [0.2, 0.25) is 0 Å². The van der Waals surface area contributed by atoms with E-state index in [0.717, 1.165) is 49.8 Å². The van der Waals surface area contributed by atoms with Crippen LogP contribution in [-0.4, -0.2) is 23.1 Å². The van der Waals surface area contributed by atoms with Crippen LogP contribution in [0, 0.1) is 5.41 Å². The number of aromatic nitrogens is 2. The van der Waals surface area contributed by atoms with Crippen LogP contribution in [0.1, 0.15) is 53.3 Å². The Kier molecular flexibility index (Phi) is 6.06. The second-order valence-electron chi connectivity index (χ2n) is 5.71. The molecule has 0 bridgehead atoms. The second-order valence-corrected chi connectivity index (χ2v) is 5.71. The van der Waals surface area contributed by atoms with Crippen molar-refractivity contribution in [2.45, 2.75) is 53.9 Å². The van der Waals surface area contributed by atoms with Gasteiger partial charge in [0.15, 0.2) is 0 Å². The van der Waals surface area contributed by atoms with Crippen LogP contribution in [0.25, 0.3) is 0 Å². The molecule has 0 radical (unpaired) electrons. The Morgan fingerprint density at radius 2 is 1.68 bits per heavy atom. The lowest BCUT2D eigenvalue weighted by molar-refractivity contribution is 0.376. The molecular weight excluding hydrogens is 236 g/mol. The number of hydrogen-bond acceptors (Lipinski definition) is 4.